The lowest BCUT2D eigenvalue weighted by molar-refractivity contribution is -0.385. The Morgan fingerprint density at radius 2 is 1.48 bits per heavy atom. The van der Waals surface area contributed by atoms with Crippen LogP contribution in [0.15, 0.2) is 52.9 Å². The summed E-state index contributed by atoms with van der Waals surface area (Å²) in [6, 6.07) is 4.98. The van der Waals surface area contributed by atoms with Gasteiger partial charge >= 0.3 is 11.9 Å². The van der Waals surface area contributed by atoms with E-state index in [2.05, 4.69) is 0 Å². The number of ketones is 2. The Kier molecular flexibility index (Phi) is 7.63. The molecule has 2 aliphatic carbocycles. The second kappa shape index (κ2) is 10.6. The van der Waals surface area contributed by atoms with E-state index in [1.54, 1.807) is 6.07 Å². The molecule has 1 aliphatic heterocycles. The van der Waals surface area contributed by atoms with Gasteiger partial charge in [0, 0.05) is 54.4 Å². The van der Waals surface area contributed by atoms with Gasteiger partial charge in [-0.25, -0.2) is 0 Å². The van der Waals surface area contributed by atoms with Crippen LogP contribution < -0.4 is 9.47 Å². The van der Waals surface area contributed by atoms with Gasteiger partial charge in [0.05, 0.1) is 22.6 Å². The third kappa shape index (κ3) is 5.58. The topological polar surface area (TPSA) is 99.0 Å². The Bertz CT molecular complexity index is 1620. The second-order valence-corrected chi connectivity index (χ2v) is 13.6. The third-order valence-electron chi connectivity index (χ3n) is 8.46. The quantitative estimate of drug-likeness (QED) is 0.241. The van der Waals surface area contributed by atoms with Gasteiger partial charge in [-0.1, -0.05) is 39.3 Å². The number of carbonyl (C=O) groups is 2. The number of benzene rings is 2. The molecule has 0 saturated carbocycles. The normalized spacial score (nSPS) is 20.0. The molecular formula is C32H32ClF3N2O6. The summed E-state index contributed by atoms with van der Waals surface area (Å²) in [6.45, 7) is 8.13. The summed E-state index contributed by atoms with van der Waals surface area (Å²) in [5.41, 5.74) is 0.527. The molecule has 3 aliphatic rings. The third-order valence-corrected chi connectivity index (χ3v) is 8.74. The molecule has 2 aromatic rings. The maximum absolute atomic E-state index is 13.8. The van der Waals surface area contributed by atoms with E-state index >= 15 is 0 Å². The van der Waals surface area contributed by atoms with Crippen LogP contribution >= 0.6 is 11.6 Å². The van der Waals surface area contributed by atoms with E-state index < -0.39 is 34.0 Å². The molecule has 234 valence electrons. The number of halogens is 4. The van der Waals surface area contributed by atoms with Crippen molar-refractivity contribution in [3.05, 3.63) is 79.1 Å². The van der Waals surface area contributed by atoms with Crippen molar-refractivity contribution in [1.29, 1.82) is 0 Å². The minimum atomic E-state index is -4.80. The van der Waals surface area contributed by atoms with Crippen LogP contribution in [0.4, 0.5) is 18.9 Å². The van der Waals surface area contributed by atoms with Gasteiger partial charge in [-0.15, -0.1) is 0 Å². The van der Waals surface area contributed by atoms with Gasteiger partial charge in [-0.05, 0) is 53.5 Å². The predicted molar refractivity (Wildman–Crippen MR) is 157 cm³/mol. The smallest absolute Gasteiger partial charge is 0.416 e. The number of nitrogens with zero attached hydrogens (tertiary/aromatic N) is 2. The molecule has 0 atom stereocenters. The van der Waals surface area contributed by atoms with E-state index in [9.17, 15) is 32.9 Å². The molecule has 1 heterocycles. The zero-order valence-electron chi connectivity index (χ0n) is 25.1. The van der Waals surface area contributed by atoms with E-state index in [1.807, 2.05) is 39.6 Å². The van der Waals surface area contributed by atoms with Crippen molar-refractivity contribution in [2.75, 3.05) is 14.2 Å². The molecule has 0 spiro atoms. The average Bonchev–Trinajstić information content (AvgIpc) is 2.89. The van der Waals surface area contributed by atoms with Gasteiger partial charge in [-0.3, -0.25) is 19.7 Å². The van der Waals surface area contributed by atoms with Crippen molar-refractivity contribution in [2.24, 2.45) is 10.8 Å². The van der Waals surface area contributed by atoms with E-state index in [1.165, 1.54) is 13.2 Å². The van der Waals surface area contributed by atoms with Crippen LogP contribution in [0.3, 0.4) is 0 Å². The van der Waals surface area contributed by atoms with E-state index in [0.717, 1.165) is 17.5 Å². The molecule has 0 N–H and O–H groups in total. The summed E-state index contributed by atoms with van der Waals surface area (Å²) in [7, 11) is 3.21. The van der Waals surface area contributed by atoms with Crippen LogP contribution in [0.5, 0.6) is 17.2 Å². The average molecular weight is 633 g/mol. The highest BCUT2D eigenvalue weighted by atomic mass is 35.5. The number of allylic oxidation sites excluding steroid dienone is 4. The van der Waals surface area contributed by atoms with Crippen LogP contribution in [0.1, 0.15) is 70.4 Å². The molecule has 2 aromatic carbocycles. The van der Waals surface area contributed by atoms with Crippen molar-refractivity contribution < 1.29 is 37.2 Å². The molecule has 0 bridgehead atoms. The largest absolute Gasteiger partial charge is 0.493 e. The SMILES string of the molecule is COc1cc(C2C3=C(CC(C)(C)CC3=O)N(C)C3=C2C(=O)CC(C)(C)C3)cc(Cl)c1Oc1ccc(C(F)(F)F)cc1[N+](=O)[O-]. The summed E-state index contributed by atoms with van der Waals surface area (Å²) in [5, 5.41) is 11.6. The van der Waals surface area contributed by atoms with E-state index in [4.69, 9.17) is 21.1 Å². The number of alkyl halides is 3. The number of nitro groups is 1. The van der Waals surface area contributed by atoms with Crippen LogP contribution in [0, 0.1) is 20.9 Å². The predicted octanol–water partition coefficient (Wildman–Crippen LogP) is 8.38. The Balaban J connectivity index is 1.66. The molecule has 0 radical (unpaired) electrons. The highest BCUT2D eigenvalue weighted by Gasteiger charge is 2.48. The van der Waals surface area contributed by atoms with E-state index in [0.29, 0.717) is 54.5 Å². The Labute approximate surface area is 257 Å². The molecule has 8 nitrogen and oxygen atoms in total. The fourth-order valence-corrected chi connectivity index (χ4v) is 6.79. The van der Waals surface area contributed by atoms with Crippen LogP contribution in [0.2, 0.25) is 5.02 Å². The van der Waals surface area contributed by atoms with Crippen LogP contribution in [-0.4, -0.2) is 35.5 Å². The Hall–Kier alpha value is -3.86. The number of hydrogen-bond acceptors (Lipinski definition) is 7. The fourth-order valence-electron chi connectivity index (χ4n) is 6.54. The van der Waals surface area contributed by atoms with Crippen LogP contribution in [-0.2, 0) is 15.8 Å². The summed E-state index contributed by atoms with van der Waals surface area (Å²) in [6.07, 6.45) is -2.97. The lowest BCUT2D eigenvalue weighted by Gasteiger charge is -2.48. The summed E-state index contributed by atoms with van der Waals surface area (Å²) < 4.78 is 51.0. The van der Waals surface area contributed by atoms with Gasteiger partial charge in [-0.2, -0.15) is 13.2 Å². The zero-order chi connectivity index (χ0) is 32.5. The summed E-state index contributed by atoms with van der Waals surface area (Å²) >= 11 is 6.69. The molecule has 12 heteroatoms. The molecule has 0 fully saturated rings. The van der Waals surface area contributed by atoms with Gasteiger partial charge < -0.3 is 14.4 Å². The number of hydrogen-bond donors (Lipinski definition) is 0. The number of Topliss-reactive ketones (excluding diaryl/α,β-unsaturated/α-hetero) is 2. The van der Waals surface area contributed by atoms with Crippen LogP contribution in [0.25, 0.3) is 0 Å². The maximum Gasteiger partial charge on any atom is 0.416 e. The van der Waals surface area contributed by atoms with Gasteiger partial charge in [0.25, 0.3) is 0 Å². The molecule has 0 aromatic heterocycles. The standard InChI is InChI=1S/C32H32ClF3N2O6/c1-30(2)12-20-27(22(39)14-30)26(28-21(37(20)5)13-31(3,4)15-23(28)40)16-9-18(33)29(25(10-16)43-6)44-24-8-7-17(32(34,35)36)11-19(24)38(41)42/h7-11,26H,12-15H2,1-6H3. The van der Waals surface area contributed by atoms with E-state index in [-0.39, 0.29) is 38.9 Å². The molecule has 5 rings (SSSR count). The lowest BCUT2D eigenvalue weighted by atomic mass is 9.63. The summed E-state index contributed by atoms with van der Waals surface area (Å²) in [4.78, 5) is 40.2. The molecule has 0 amide bonds. The zero-order valence-corrected chi connectivity index (χ0v) is 25.9. The first kappa shape index (κ1) is 31.6. The molecular weight excluding hydrogens is 601 g/mol. The number of nitro benzene ring substituents is 1. The Morgan fingerprint density at radius 1 is 0.932 bits per heavy atom. The number of methoxy groups -OCH3 is 1. The number of ether oxygens (including phenoxy) is 2. The first-order valence-electron chi connectivity index (χ1n) is 14.0. The lowest BCUT2D eigenvalue weighted by Crippen LogP contribution is -2.43. The first-order valence-corrected chi connectivity index (χ1v) is 14.4. The van der Waals surface area contributed by atoms with Crippen molar-refractivity contribution in [3.8, 4) is 17.2 Å². The number of rotatable bonds is 5. The van der Waals surface area contributed by atoms with Crippen molar-refractivity contribution in [2.45, 2.75) is 65.5 Å². The van der Waals surface area contributed by atoms with Gasteiger partial charge in [0.1, 0.15) is 0 Å². The maximum atomic E-state index is 13.8. The second-order valence-electron chi connectivity index (χ2n) is 13.2. The summed E-state index contributed by atoms with van der Waals surface area (Å²) in [5.74, 6) is -1.49. The highest BCUT2D eigenvalue weighted by molar-refractivity contribution is 6.32. The Morgan fingerprint density at radius 3 is 1.95 bits per heavy atom. The minimum Gasteiger partial charge on any atom is -0.493 e. The molecule has 44 heavy (non-hydrogen) atoms. The van der Waals surface area contributed by atoms with Gasteiger partial charge in [0.15, 0.2) is 23.1 Å². The van der Waals surface area contributed by atoms with Crippen molar-refractivity contribution in [3.63, 3.8) is 0 Å². The monoisotopic (exact) mass is 632 g/mol. The fraction of sp³-hybridized carbons (Fsp3) is 0.438. The minimum absolute atomic E-state index is 0.0251. The molecule has 0 saturated heterocycles. The van der Waals surface area contributed by atoms with Crippen molar-refractivity contribution in [1.82, 2.24) is 4.90 Å². The first-order chi connectivity index (χ1) is 20.3. The number of carbonyl (C=O) groups excluding carboxylic acids is 2. The van der Waals surface area contributed by atoms with Crippen molar-refractivity contribution >= 4 is 28.9 Å². The molecule has 0 unspecified atom stereocenters. The van der Waals surface area contributed by atoms with Gasteiger partial charge in [0.2, 0.25) is 5.75 Å². The highest BCUT2D eigenvalue weighted by Crippen LogP contribution is 2.55.